The van der Waals surface area contributed by atoms with E-state index in [1.54, 1.807) is 18.2 Å². The number of phenols is 2. The number of aliphatic hydroxyl groups excluding tert-OH is 2. The van der Waals surface area contributed by atoms with E-state index in [0.717, 1.165) is 15.8 Å². The zero-order valence-electron chi connectivity index (χ0n) is 17.5. The summed E-state index contributed by atoms with van der Waals surface area (Å²) in [5, 5.41) is 48.5. The van der Waals surface area contributed by atoms with Crippen LogP contribution >= 0.6 is 0 Å². The molecular weight excluding hydrogens is 502 g/mol. The normalized spacial score (nSPS) is 11.8. The van der Waals surface area contributed by atoms with E-state index in [9.17, 15) is 18.6 Å². The van der Waals surface area contributed by atoms with Crippen LogP contribution in [-0.2, 0) is 27.1 Å². The molecule has 0 amide bonds. The molecule has 10 nitrogen and oxygen atoms in total. The maximum atomic E-state index is 13.0. The Morgan fingerprint density at radius 2 is 1.61 bits per heavy atom. The molecule has 0 saturated heterocycles. The number of methoxy groups -OCH3 is 1. The Labute approximate surface area is 201 Å². The fourth-order valence-corrected chi connectivity index (χ4v) is 4.73. The maximum Gasteiger partial charge on any atom is 0.247 e. The summed E-state index contributed by atoms with van der Waals surface area (Å²) in [7, 11) is -2.94. The third kappa shape index (κ3) is 5.61. The number of sulfonamides is 1. The Morgan fingerprint density at radius 1 is 0.939 bits per heavy atom. The Hall–Kier alpha value is -2.73. The van der Waals surface area contributed by atoms with Crippen molar-refractivity contribution >= 4 is 32.2 Å². The van der Waals surface area contributed by atoms with Crippen molar-refractivity contribution in [2.75, 3.05) is 33.4 Å². The molecule has 3 aromatic carbocycles. The molecule has 0 aliphatic heterocycles. The van der Waals surface area contributed by atoms with Crippen molar-refractivity contribution in [3.8, 4) is 17.2 Å². The Bertz CT molecular complexity index is 1250. The molecule has 3 rings (SSSR count). The smallest absolute Gasteiger partial charge is 0.247 e. The molecule has 1 radical (unpaired) electrons. The number of ether oxygens (including phenoxy) is 1. The second-order valence-electron chi connectivity index (χ2n) is 6.70. The summed E-state index contributed by atoms with van der Waals surface area (Å²) in [6.45, 7) is -1.38. The molecule has 0 heterocycles. The van der Waals surface area contributed by atoms with Gasteiger partial charge in [-0.25, -0.2) is 8.42 Å². The first-order valence-corrected chi connectivity index (χ1v) is 11.0. The second-order valence-corrected chi connectivity index (χ2v) is 8.60. The summed E-state index contributed by atoms with van der Waals surface area (Å²) in [4.78, 5) is -0.355. The molecule has 0 atom stereocenters. The van der Waals surface area contributed by atoms with Crippen molar-refractivity contribution in [2.45, 2.75) is 4.90 Å². The van der Waals surface area contributed by atoms with E-state index >= 15 is 0 Å². The third-order valence-electron chi connectivity index (χ3n) is 4.71. The monoisotopic (exact) mass is 524 g/mol. The molecule has 0 aliphatic carbocycles. The minimum atomic E-state index is -4.19. The number of phenolic OH excluding ortho intramolecular Hbond substituents is 2. The minimum Gasteiger partial charge on any atom is -0.506 e. The van der Waals surface area contributed by atoms with Crippen LogP contribution < -0.4 is 4.74 Å². The number of benzene rings is 3. The first-order valence-electron chi connectivity index (χ1n) is 9.58. The van der Waals surface area contributed by atoms with Crippen molar-refractivity contribution in [3.63, 3.8) is 0 Å². The Morgan fingerprint density at radius 3 is 2.24 bits per heavy atom. The van der Waals surface area contributed by atoms with Crippen molar-refractivity contribution in [2.24, 2.45) is 10.2 Å². The minimum absolute atomic E-state index is 0. The number of azo groups is 1. The molecule has 0 aromatic heterocycles. The number of hydrogen-bond acceptors (Lipinski definition) is 9. The predicted octanol–water partition coefficient (Wildman–Crippen LogP) is 2.65. The van der Waals surface area contributed by atoms with Gasteiger partial charge in [-0.15, -0.1) is 10.2 Å². The van der Waals surface area contributed by atoms with Gasteiger partial charge in [0.05, 0.1) is 20.3 Å². The molecular formula is C21H23CuN3O7S. The first-order chi connectivity index (χ1) is 15.3. The maximum absolute atomic E-state index is 13.0. The molecule has 181 valence electrons. The van der Waals surface area contributed by atoms with Crippen molar-refractivity contribution in [1.29, 1.82) is 0 Å². The van der Waals surface area contributed by atoms with Gasteiger partial charge in [0, 0.05) is 47.7 Å². The second kappa shape index (κ2) is 11.4. The summed E-state index contributed by atoms with van der Waals surface area (Å²) in [6, 6.07) is 12.6. The number of aromatic hydroxyl groups is 2. The number of rotatable bonds is 9. The average Bonchev–Trinajstić information content (AvgIpc) is 2.78. The van der Waals surface area contributed by atoms with Crippen LogP contribution in [0, 0.1) is 0 Å². The van der Waals surface area contributed by atoms with E-state index in [1.807, 2.05) is 12.1 Å². The Kier molecular flexibility index (Phi) is 9.17. The molecule has 4 N–H and O–H groups in total. The van der Waals surface area contributed by atoms with Gasteiger partial charge in [0.15, 0.2) is 0 Å². The van der Waals surface area contributed by atoms with Crippen molar-refractivity contribution in [3.05, 3.63) is 48.5 Å². The fourth-order valence-electron chi connectivity index (χ4n) is 3.15. The standard InChI is InChI=1S/C21H23N3O7S.Cu/c1-31-19-12-16(18(28)13-20(19)32(29,30)24(8-10-25)9-11-26)22-23-21-15-5-3-2-4-14(15)6-7-17(21)27;/h2-7,12-13,25-28H,8-11H2,1H3;. The van der Waals surface area contributed by atoms with Crippen LogP contribution in [0.4, 0.5) is 11.4 Å². The van der Waals surface area contributed by atoms with Crippen LogP contribution in [0.2, 0.25) is 0 Å². The van der Waals surface area contributed by atoms with Crippen molar-refractivity contribution < 1.29 is 50.6 Å². The van der Waals surface area contributed by atoms with Crippen LogP contribution in [0.5, 0.6) is 17.2 Å². The van der Waals surface area contributed by atoms with Gasteiger partial charge in [-0.2, -0.15) is 4.31 Å². The van der Waals surface area contributed by atoms with Crippen LogP contribution in [0.25, 0.3) is 10.8 Å². The van der Waals surface area contributed by atoms with Crippen LogP contribution in [-0.4, -0.2) is 66.6 Å². The van der Waals surface area contributed by atoms with Gasteiger partial charge < -0.3 is 25.2 Å². The van der Waals surface area contributed by atoms with Crippen molar-refractivity contribution in [1.82, 2.24) is 4.31 Å². The van der Waals surface area contributed by atoms with E-state index in [0.29, 0.717) is 5.39 Å². The fraction of sp³-hybridized carbons (Fsp3) is 0.238. The van der Waals surface area contributed by atoms with Crippen LogP contribution in [0.1, 0.15) is 0 Å². The SMILES string of the molecule is COc1cc(N=Nc2c(O)ccc3ccccc23)c(O)cc1S(=O)(=O)N(CCO)CCO.[Cu]. The molecule has 0 bridgehead atoms. The summed E-state index contributed by atoms with van der Waals surface area (Å²) in [5.41, 5.74) is 0.110. The van der Waals surface area contributed by atoms with Crippen LogP contribution in [0.15, 0.2) is 63.7 Å². The zero-order valence-corrected chi connectivity index (χ0v) is 19.3. The van der Waals surface area contributed by atoms with E-state index in [-0.39, 0.29) is 57.9 Å². The quantitative estimate of drug-likeness (QED) is 0.248. The van der Waals surface area contributed by atoms with Gasteiger partial charge in [-0.3, -0.25) is 0 Å². The van der Waals surface area contributed by atoms with Crippen LogP contribution in [0.3, 0.4) is 0 Å². The molecule has 0 unspecified atom stereocenters. The van der Waals surface area contributed by atoms with Gasteiger partial charge in [0.25, 0.3) is 0 Å². The summed E-state index contributed by atoms with van der Waals surface area (Å²) in [5.74, 6) is -0.706. The van der Waals surface area contributed by atoms with E-state index in [1.165, 1.54) is 19.2 Å². The van der Waals surface area contributed by atoms with Gasteiger partial charge in [0.1, 0.15) is 33.5 Å². The topological polar surface area (TPSA) is 152 Å². The summed E-state index contributed by atoms with van der Waals surface area (Å²) < 4.78 is 32.0. The molecule has 0 fully saturated rings. The van der Waals surface area contributed by atoms with Gasteiger partial charge >= 0.3 is 0 Å². The summed E-state index contributed by atoms with van der Waals surface area (Å²) >= 11 is 0. The van der Waals surface area contributed by atoms with Gasteiger partial charge in [-0.1, -0.05) is 30.3 Å². The first kappa shape index (κ1) is 26.5. The average molecular weight is 525 g/mol. The summed E-state index contributed by atoms with van der Waals surface area (Å²) in [6.07, 6.45) is 0. The van der Waals surface area contributed by atoms with E-state index in [2.05, 4.69) is 10.2 Å². The number of fused-ring (bicyclic) bond motifs is 1. The van der Waals surface area contributed by atoms with E-state index in [4.69, 9.17) is 14.9 Å². The largest absolute Gasteiger partial charge is 0.506 e. The molecule has 33 heavy (non-hydrogen) atoms. The number of nitrogens with zero attached hydrogens (tertiary/aromatic N) is 3. The van der Waals surface area contributed by atoms with Gasteiger partial charge in [0.2, 0.25) is 10.0 Å². The molecule has 0 saturated carbocycles. The number of aliphatic hydroxyl groups is 2. The predicted molar refractivity (Wildman–Crippen MR) is 117 cm³/mol. The van der Waals surface area contributed by atoms with Gasteiger partial charge in [-0.05, 0) is 11.5 Å². The third-order valence-corrected chi connectivity index (χ3v) is 6.63. The van der Waals surface area contributed by atoms with E-state index < -0.39 is 29.0 Å². The number of hydrogen-bond donors (Lipinski definition) is 4. The molecule has 0 aliphatic rings. The molecule has 0 spiro atoms. The Balaban J connectivity index is 0.00000385. The molecule has 3 aromatic rings. The zero-order chi connectivity index (χ0) is 23.3. The molecule has 12 heteroatoms.